The maximum Gasteiger partial charge on any atom is 0.165 e. The largest absolute Gasteiger partial charge is 0.486 e. The minimum absolute atomic E-state index is 0.0398. The first-order valence-corrected chi connectivity index (χ1v) is 6.45. The molecule has 0 radical (unpaired) electrons. The molecule has 0 fully saturated rings. The zero-order chi connectivity index (χ0) is 15.1. The van der Waals surface area contributed by atoms with E-state index in [4.69, 9.17) is 9.84 Å². The number of aliphatic hydroxyl groups excluding tert-OH is 1. The number of halogens is 2. The standard InChI is InChI=1S/C17H14F2O2/c18-15-8-9-16(19)17(11-15)21-12-14-6-4-13(5-7-14)3-1-2-10-20/h4-9,11,20H,2,10,12H2. The van der Waals surface area contributed by atoms with Crippen LogP contribution in [0.25, 0.3) is 0 Å². The van der Waals surface area contributed by atoms with E-state index < -0.39 is 11.6 Å². The average Bonchev–Trinajstić information content (AvgIpc) is 2.50. The van der Waals surface area contributed by atoms with Gasteiger partial charge < -0.3 is 9.84 Å². The molecule has 0 aliphatic heterocycles. The number of benzene rings is 2. The summed E-state index contributed by atoms with van der Waals surface area (Å²) in [6.07, 6.45) is 0.434. The van der Waals surface area contributed by atoms with Crippen LogP contribution in [-0.4, -0.2) is 11.7 Å². The molecule has 0 saturated heterocycles. The molecular weight excluding hydrogens is 274 g/mol. The highest BCUT2D eigenvalue weighted by Gasteiger charge is 2.05. The van der Waals surface area contributed by atoms with Crippen LogP contribution in [0.3, 0.4) is 0 Å². The van der Waals surface area contributed by atoms with Gasteiger partial charge in [-0.25, -0.2) is 8.78 Å². The summed E-state index contributed by atoms with van der Waals surface area (Å²) in [6, 6.07) is 10.3. The van der Waals surface area contributed by atoms with Gasteiger partial charge in [0.2, 0.25) is 0 Å². The Kier molecular flexibility index (Phi) is 5.30. The zero-order valence-corrected chi connectivity index (χ0v) is 11.3. The van der Waals surface area contributed by atoms with Crippen LogP contribution in [0.2, 0.25) is 0 Å². The van der Waals surface area contributed by atoms with E-state index in [0.29, 0.717) is 6.42 Å². The highest BCUT2D eigenvalue weighted by Crippen LogP contribution is 2.19. The van der Waals surface area contributed by atoms with Crippen LogP contribution in [-0.2, 0) is 6.61 Å². The predicted octanol–water partition coefficient (Wildman–Crippen LogP) is 3.28. The van der Waals surface area contributed by atoms with Crippen molar-refractivity contribution in [1.82, 2.24) is 0 Å². The van der Waals surface area contributed by atoms with Crippen molar-refractivity contribution >= 4 is 0 Å². The normalized spacial score (nSPS) is 9.86. The summed E-state index contributed by atoms with van der Waals surface area (Å²) in [6.45, 7) is 0.183. The molecule has 0 aromatic heterocycles. The van der Waals surface area contributed by atoms with Gasteiger partial charge in [-0.05, 0) is 29.8 Å². The van der Waals surface area contributed by atoms with Crippen LogP contribution < -0.4 is 4.74 Å². The second kappa shape index (κ2) is 7.41. The highest BCUT2D eigenvalue weighted by atomic mass is 19.1. The molecule has 21 heavy (non-hydrogen) atoms. The summed E-state index contributed by atoms with van der Waals surface area (Å²) in [7, 11) is 0. The van der Waals surface area contributed by atoms with E-state index in [0.717, 1.165) is 29.3 Å². The van der Waals surface area contributed by atoms with Crippen molar-refractivity contribution in [2.75, 3.05) is 6.61 Å². The summed E-state index contributed by atoms with van der Waals surface area (Å²) in [4.78, 5) is 0. The Morgan fingerprint density at radius 3 is 2.52 bits per heavy atom. The van der Waals surface area contributed by atoms with E-state index in [-0.39, 0.29) is 19.0 Å². The van der Waals surface area contributed by atoms with Gasteiger partial charge >= 0.3 is 0 Å². The first kappa shape index (κ1) is 15.0. The SMILES string of the molecule is OCCC#Cc1ccc(COc2cc(F)ccc2F)cc1. The third-order valence-electron chi connectivity index (χ3n) is 2.71. The first-order chi connectivity index (χ1) is 10.2. The molecule has 0 heterocycles. The van der Waals surface area contributed by atoms with E-state index in [9.17, 15) is 8.78 Å². The van der Waals surface area contributed by atoms with Crippen molar-refractivity contribution in [3.05, 3.63) is 65.2 Å². The van der Waals surface area contributed by atoms with Crippen LogP contribution in [0.5, 0.6) is 5.75 Å². The van der Waals surface area contributed by atoms with Crippen LogP contribution in [0.1, 0.15) is 17.5 Å². The smallest absolute Gasteiger partial charge is 0.165 e. The Bertz CT molecular complexity index is 655. The van der Waals surface area contributed by atoms with Crippen molar-refractivity contribution in [3.63, 3.8) is 0 Å². The van der Waals surface area contributed by atoms with Crippen LogP contribution in [0.15, 0.2) is 42.5 Å². The number of ether oxygens (including phenoxy) is 1. The minimum Gasteiger partial charge on any atom is -0.486 e. The van der Waals surface area contributed by atoms with Crippen molar-refractivity contribution in [1.29, 1.82) is 0 Å². The topological polar surface area (TPSA) is 29.5 Å². The van der Waals surface area contributed by atoms with Gasteiger partial charge in [-0.15, -0.1) is 0 Å². The summed E-state index contributed by atoms with van der Waals surface area (Å²) in [5.74, 6) is 4.48. The fourth-order valence-electron chi connectivity index (χ4n) is 1.65. The van der Waals surface area contributed by atoms with E-state index in [1.165, 1.54) is 0 Å². The molecular formula is C17H14F2O2. The van der Waals surface area contributed by atoms with Gasteiger partial charge in [-0.3, -0.25) is 0 Å². The molecule has 2 rings (SSSR count). The molecule has 0 aliphatic rings. The van der Waals surface area contributed by atoms with Gasteiger partial charge in [0.25, 0.3) is 0 Å². The van der Waals surface area contributed by atoms with Crippen molar-refractivity contribution in [3.8, 4) is 17.6 Å². The third kappa shape index (κ3) is 4.59. The second-order valence-electron chi connectivity index (χ2n) is 4.34. The number of hydrogen-bond donors (Lipinski definition) is 1. The summed E-state index contributed by atoms with van der Waals surface area (Å²) < 4.78 is 31.6. The van der Waals surface area contributed by atoms with E-state index >= 15 is 0 Å². The summed E-state index contributed by atoms with van der Waals surface area (Å²) in [5, 5.41) is 8.63. The maximum absolute atomic E-state index is 13.4. The maximum atomic E-state index is 13.4. The van der Waals surface area contributed by atoms with Gasteiger partial charge in [0, 0.05) is 18.1 Å². The van der Waals surface area contributed by atoms with Crippen molar-refractivity contribution in [2.45, 2.75) is 13.0 Å². The summed E-state index contributed by atoms with van der Waals surface area (Å²) in [5.41, 5.74) is 1.65. The van der Waals surface area contributed by atoms with Crippen molar-refractivity contribution in [2.24, 2.45) is 0 Å². The van der Waals surface area contributed by atoms with Gasteiger partial charge in [0.05, 0.1) is 6.61 Å². The van der Waals surface area contributed by atoms with Crippen molar-refractivity contribution < 1.29 is 18.6 Å². The lowest BCUT2D eigenvalue weighted by Crippen LogP contribution is -1.98. The Balaban J connectivity index is 1.98. The number of rotatable bonds is 4. The third-order valence-corrected chi connectivity index (χ3v) is 2.71. The number of hydrogen-bond acceptors (Lipinski definition) is 2. The minimum atomic E-state index is -0.595. The molecule has 2 aromatic carbocycles. The molecule has 0 saturated carbocycles. The summed E-state index contributed by atoms with van der Waals surface area (Å²) >= 11 is 0. The molecule has 0 amide bonds. The molecule has 108 valence electrons. The molecule has 4 heteroatoms. The fraction of sp³-hybridized carbons (Fsp3) is 0.176. The van der Waals surface area contributed by atoms with Crippen LogP contribution >= 0.6 is 0 Å². The van der Waals surface area contributed by atoms with Crippen LogP contribution in [0, 0.1) is 23.5 Å². The molecule has 0 atom stereocenters. The van der Waals surface area contributed by atoms with Gasteiger partial charge in [-0.1, -0.05) is 24.0 Å². The lowest BCUT2D eigenvalue weighted by Gasteiger charge is -2.07. The number of aliphatic hydroxyl groups is 1. The zero-order valence-electron chi connectivity index (χ0n) is 11.3. The Morgan fingerprint density at radius 2 is 1.81 bits per heavy atom. The molecule has 2 aromatic rings. The van der Waals surface area contributed by atoms with E-state index in [2.05, 4.69) is 11.8 Å². The lowest BCUT2D eigenvalue weighted by molar-refractivity contribution is 0.288. The molecule has 2 nitrogen and oxygen atoms in total. The molecule has 0 spiro atoms. The van der Waals surface area contributed by atoms with Gasteiger partial charge in [0.1, 0.15) is 12.4 Å². The molecule has 1 N–H and O–H groups in total. The lowest BCUT2D eigenvalue weighted by atomic mass is 10.1. The predicted molar refractivity (Wildman–Crippen MR) is 75.7 cm³/mol. The second-order valence-corrected chi connectivity index (χ2v) is 4.34. The van der Waals surface area contributed by atoms with E-state index in [1.807, 2.05) is 12.1 Å². The van der Waals surface area contributed by atoms with Gasteiger partial charge in [0.15, 0.2) is 11.6 Å². The average molecular weight is 288 g/mol. The molecule has 0 aliphatic carbocycles. The molecule has 0 bridgehead atoms. The Labute approximate surface area is 122 Å². The highest BCUT2D eigenvalue weighted by molar-refractivity contribution is 5.36. The molecule has 0 unspecified atom stereocenters. The quantitative estimate of drug-likeness (QED) is 0.875. The first-order valence-electron chi connectivity index (χ1n) is 6.45. The Morgan fingerprint density at radius 1 is 1.05 bits per heavy atom. The Hall–Kier alpha value is -2.38. The van der Waals surface area contributed by atoms with Crippen LogP contribution in [0.4, 0.5) is 8.78 Å². The van der Waals surface area contributed by atoms with Gasteiger partial charge in [-0.2, -0.15) is 0 Å². The fourth-order valence-corrected chi connectivity index (χ4v) is 1.65. The monoisotopic (exact) mass is 288 g/mol. The van der Waals surface area contributed by atoms with E-state index in [1.54, 1.807) is 12.1 Å².